The van der Waals surface area contributed by atoms with E-state index in [1.165, 1.54) is 6.08 Å². The highest BCUT2D eigenvalue weighted by molar-refractivity contribution is 5.67. The summed E-state index contributed by atoms with van der Waals surface area (Å²) in [5, 5.41) is 9.14. The van der Waals surface area contributed by atoms with Gasteiger partial charge >= 0.3 is 6.09 Å². The van der Waals surface area contributed by atoms with Crippen LogP contribution in [0.3, 0.4) is 0 Å². The minimum absolute atomic E-state index is 0.277. The van der Waals surface area contributed by atoms with Crippen LogP contribution in [0, 0.1) is 0 Å². The number of nitrogens with zero attached hydrogens (tertiary/aromatic N) is 1. The lowest BCUT2D eigenvalue weighted by molar-refractivity contribution is -0.0593. The molecule has 1 saturated heterocycles. The molecule has 0 bridgehead atoms. The summed E-state index contributed by atoms with van der Waals surface area (Å²) in [6.45, 7) is 4.91. The third-order valence-electron chi connectivity index (χ3n) is 1.97. The van der Waals surface area contributed by atoms with E-state index < -0.39 is 12.4 Å². The van der Waals surface area contributed by atoms with Crippen LogP contribution in [0.2, 0.25) is 0 Å². The zero-order chi connectivity index (χ0) is 9.68. The standard InChI is InChI=1S/C9H15NO3/c1-2-5-8(11)13-9(12)10-6-3-4-7-10/h2,8,11H,1,3-7H2. The number of aliphatic hydroxyl groups excluding tert-OH is 1. The molecule has 1 amide bonds. The van der Waals surface area contributed by atoms with E-state index in [0.717, 1.165) is 25.9 Å². The molecule has 0 aromatic heterocycles. The molecule has 4 nitrogen and oxygen atoms in total. The fraction of sp³-hybridized carbons (Fsp3) is 0.667. The molecule has 1 aliphatic rings. The highest BCUT2D eigenvalue weighted by atomic mass is 16.6. The van der Waals surface area contributed by atoms with Crippen LogP contribution >= 0.6 is 0 Å². The number of ether oxygens (including phenoxy) is 1. The first-order valence-electron chi connectivity index (χ1n) is 4.48. The van der Waals surface area contributed by atoms with Crippen molar-refractivity contribution in [1.29, 1.82) is 0 Å². The molecule has 0 radical (unpaired) electrons. The van der Waals surface area contributed by atoms with Crippen LogP contribution in [0.1, 0.15) is 19.3 Å². The lowest BCUT2D eigenvalue weighted by Crippen LogP contribution is -2.31. The largest absolute Gasteiger partial charge is 0.419 e. The van der Waals surface area contributed by atoms with Gasteiger partial charge in [-0.3, -0.25) is 0 Å². The van der Waals surface area contributed by atoms with Crippen molar-refractivity contribution in [3.63, 3.8) is 0 Å². The summed E-state index contributed by atoms with van der Waals surface area (Å²) in [6.07, 6.45) is 2.36. The first-order valence-corrected chi connectivity index (χ1v) is 4.48. The van der Waals surface area contributed by atoms with Crippen LogP contribution in [-0.4, -0.2) is 35.5 Å². The third-order valence-corrected chi connectivity index (χ3v) is 1.97. The summed E-state index contributed by atoms with van der Waals surface area (Å²) < 4.78 is 4.75. The van der Waals surface area contributed by atoms with Gasteiger partial charge in [0.25, 0.3) is 0 Å². The van der Waals surface area contributed by atoms with Gasteiger partial charge in [-0.25, -0.2) is 4.79 Å². The molecule has 0 aromatic rings. The molecule has 1 N–H and O–H groups in total. The molecule has 1 heterocycles. The molecule has 13 heavy (non-hydrogen) atoms. The Morgan fingerprint density at radius 2 is 2.23 bits per heavy atom. The fourth-order valence-corrected chi connectivity index (χ4v) is 1.28. The van der Waals surface area contributed by atoms with Gasteiger partial charge in [0, 0.05) is 19.5 Å². The molecule has 1 aliphatic heterocycles. The average molecular weight is 185 g/mol. The van der Waals surface area contributed by atoms with E-state index in [4.69, 9.17) is 9.84 Å². The van der Waals surface area contributed by atoms with E-state index in [2.05, 4.69) is 6.58 Å². The molecule has 0 aliphatic carbocycles. The number of carbonyl (C=O) groups is 1. The van der Waals surface area contributed by atoms with Gasteiger partial charge in [0.15, 0.2) is 0 Å². The second-order valence-corrected chi connectivity index (χ2v) is 3.06. The van der Waals surface area contributed by atoms with Crippen molar-refractivity contribution in [2.75, 3.05) is 13.1 Å². The van der Waals surface area contributed by atoms with Gasteiger partial charge in [-0.05, 0) is 12.8 Å². The average Bonchev–Trinajstić information content (AvgIpc) is 2.55. The summed E-state index contributed by atoms with van der Waals surface area (Å²) in [5.74, 6) is 0. The van der Waals surface area contributed by atoms with Crippen LogP contribution in [0.25, 0.3) is 0 Å². The van der Waals surface area contributed by atoms with E-state index in [1.807, 2.05) is 0 Å². The molecule has 1 fully saturated rings. The Bertz CT molecular complexity index is 187. The van der Waals surface area contributed by atoms with Gasteiger partial charge in [0.05, 0.1) is 0 Å². The predicted octanol–water partition coefficient (Wildman–Crippen LogP) is 1.11. The fourth-order valence-electron chi connectivity index (χ4n) is 1.28. The van der Waals surface area contributed by atoms with Crippen LogP contribution in [0.5, 0.6) is 0 Å². The number of hydrogen-bond acceptors (Lipinski definition) is 3. The van der Waals surface area contributed by atoms with Crippen molar-refractivity contribution < 1.29 is 14.6 Å². The SMILES string of the molecule is C=CCC(O)OC(=O)N1CCCC1. The number of amides is 1. The highest BCUT2D eigenvalue weighted by Crippen LogP contribution is 2.10. The minimum atomic E-state index is -1.05. The number of aliphatic hydroxyl groups is 1. The molecule has 0 saturated carbocycles. The molecular formula is C9H15NO3. The van der Waals surface area contributed by atoms with Gasteiger partial charge in [-0.1, -0.05) is 6.08 Å². The van der Waals surface area contributed by atoms with Crippen molar-refractivity contribution >= 4 is 6.09 Å². The summed E-state index contributed by atoms with van der Waals surface area (Å²) in [6, 6.07) is 0. The normalized spacial score (nSPS) is 18.4. The Hall–Kier alpha value is -1.03. The van der Waals surface area contributed by atoms with E-state index >= 15 is 0 Å². The molecule has 74 valence electrons. The molecule has 1 rings (SSSR count). The van der Waals surface area contributed by atoms with Crippen molar-refractivity contribution in [3.05, 3.63) is 12.7 Å². The number of likely N-dealkylation sites (tertiary alicyclic amines) is 1. The van der Waals surface area contributed by atoms with Crippen LogP contribution < -0.4 is 0 Å². The maximum Gasteiger partial charge on any atom is 0.412 e. The second kappa shape index (κ2) is 4.87. The smallest absolute Gasteiger partial charge is 0.412 e. The highest BCUT2D eigenvalue weighted by Gasteiger charge is 2.20. The van der Waals surface area contributed by atoms with Crippen molar-refractivity contribution in [2.24, 2.45) is 0 Å². The first-order chi connectivity index (χ1) is 6.24. The molecule has 0 aromatic carbocycles. The number of rotatable bonds is 3. The topological polar surface area (TPSA) is 49.8 Å². The quantitative estimate of drug-likeness (QED) is 0.529. The number of hydrogen-bond donors (Lipinski definition) is 1. The monoisotopic (exact) mass is 185 g/mol. The Balaban J connectivity index is 2.26. The first kappa shape index (κ1) is 10.1. The van der Waals surface area contributed by atoms with Crippen molar-refractivity contribution in [2.45, 2.75) is 25.6 Å². The van der Waals surface area contributed by atoms with E-state index in [0.29, 0.717) is 0 Å². The van der Waals surface area contributed by atoms with Crippen molar-refractivity contribution in [3.8, 4) is 0 Å². The van der Waals surface area contributed by atoms with Gasteiger partial charge in [-0.15, -0.1) is 6.58 Å². The third kappa shape index (κ3) is 3.06. The molecule has 0 spiro atoms. The summed E-state index contributed by atoms with van der Waals surface area (Å²) in [7, 11) is 0. The Morgan fingerprint density at radius 1 is 1.62 bits per heavy atom. The molecule has 1 unspecified atom stereocenters. The number of carbonyl (C=O) groups excluding carboxylic acids is 1. The Labute approximate surface area is 77.8 Å². The van der Waals surface area contributed by atoms with Gasteiger partial charge in [0.1, 0.15) is 0 Å². The summed E-state index contributed by atoms with van der Waals surface area (Å²) in [4.78, 5) is 12.8. The summed E-state index contributed by atoms with van der Waals surface area (Å²) >= 11 is 0. The second-order valence-electron chi connectivity index (χ2n) is 3.06. The van der Waals surface area contributed by atoms with Crippen LogP contribution in [0.15, 0.2) is 12.7 Å². The minimum Gasteiger partial charge on any atom is -0.419 e. The Morgan fingerprint density at radius 3 is 2.77 bits per heavy atom. The van der Waals surface area contributed by atoms with Gasteiger partial charge in [-0.2, -0.15) is 0 Å². The van der Waals surface area contributed by atoms with Gasteiger partial charge < -0.3 is 14.7 Å². The lowest BCUT2D eigenvalue weighted by Gasteiger charge is -2.17. The van der Waals surface area contributed by atoms with Gasteiger partial charge in [0.2, 0.25) is 6.29 Å². The lowest BCUT2D eigenvalue weighted by atomic mass is 10.4. The zero-order valence-electron chi connectivity index (χ0n) is 7.61. The maximum atomic E-state index is 11.2. The molecular weight excluding hydrogens is 170 g/mol. The van der Waals surface area contributed by atoms with E-state index in [9.17, 15) is 4.79 Å². The maximum absolute atomic E-state index is 11.2. The summed E-state index contributed by atoms with van der Waals surface area (Å²) in [5.41, 5.74) is 0. The molecule has 4 heteroatoms. The predicted molar refractivity (Wildman–Crippen MR) is 48.1 cm³/mol. The zero-order valence-corrected chi connectivity index (χ0v) is 7.61. The van der Waals surface area contributed by atoms with Crippen LogP contribution in [0.4, 0.5) is 4.79 Å². The van der Waals surface area contributed by atoms with E-state index in [1.54, 1.807) is 4.90 Å². The molecule has 1 atom stereocenters. The Kier molecular flexibility index (Phi) is 3.76. The van der Waals surface area contributed by atoms with E-state index in [-0.39, 0.29) is 6.42 Å². The van der Waals surface area contributed by atoms with Crippen LogP contribution in [-0.2, 0) is 4.74 Å². The van der Waals surface area contributed by atoms with Crippen molar-refractivity contribution in [1.82, 2.24) is 4.90 Å².